The third kappa shape index (κ3) is 5.38. The van der Waals surface area contributed by atoms with Gasteiger partial charge in [0.25, 0.3) is 0 Å². The maximum absolute atomic E-state index is 5.65. The lowest BCUT2D eigenvalue weighted by Gasteiger charge is -2.26. The number of hydrogen-bond donors (Lipinski definition) is 0. The maximum Gasteiger partial charge on any atom is 0.157 e. The summed E-state index contributed by atoms with van der Waals surface area (Å²) in [7, 11) is 3.32. The molecule has 0 spiro atoms. The summed E-state index contributed by atoms with van der Waals surface area (Å²) >= 11 is 0. The lowest BCUT2D eigenvalue weighted by molar-refractivity contribution is 0.408. The van der Waals surface area contributed by atoms with Crippen molar-refractivity contribution in [2.45, 2.75) is 71.6 Å². The van der Waals surface area contributed by atoms with Crippen LogP contribution in [0.15, 0.2) is 48.8 Å². The zero-order valence-corrected chi connectivity index (χ0v) is 23.6. The van der Waals surface area contributed by atoms with Gasteiger partial charge in [0.15, 0.2) is 11.6 Å². The number of nitrogens with zero attached hydrogens (tertiary/aromatic N) is 6. The molecule has 8 heteroatoms. The molecule has 0 aliphatic carbocycles. The van der Waals surface area contributed by atoms with Crippen LogP contribution in [0.4, 0.5) is 0 Å². The molecule has 8 nitrogen and oxygen atoms in total. The van der Waals surface area contributed by atoms with Crippen LogP contribution >= 0.6 is 0 Å². The monoisotopic (exact) mass is 502 g/mol. The fraction of sp³-hybridized carbons (Fsp3) is 0.448. The fourth-order valence-corrected chi connectivity index (χ4v) is 3.93. The molecule has 0 N–H and O–H groups in total. The van der Waals surface area contributed by atoms with Gasteiger partial charge < -0.3 is 9.47 Å². The highest BCUT2D eigenvalue weighted by molar-refractivity contribution is 5.44. The minimum atomic E-state index is -0.577. The molecule has 0 aromatic carbocycles. The van der Waals surface area contributed by atoms with E-state index in [0.29, 0.717) is 23.1 Å². The quantitative estimate of drug-likeness (QED) is 0.332. The Morgan fingerprint density at radius 3 is 1.24 bits per heavy atom. The SMILES string of the molecule is COc1cc(-n2ccc(C(C)(C)C)n2)nc(C(C)(C)c2cc(OC)cc(-n3ccc(C(C)(C)C)n3)n2)c1. The molecule has 0 fully saturated rings. The molecular weight excluding hydrogens is 464 g/mol. The second-order valence-corrected chi connectivity index (χ2v) is 11.9. The van der Waals surface area contributed by atoms with Crippen molar-refractivity contribution < 1.29 is 9.47 Å². The smallest absolute Gasteiger partial charge is 0.157 e. The minimum Gasteiger partial charge on any atom is -0.497 e. The predicted octanol–water partition coefficient (Wildman–Crippen LogP) is 5.79. The number of pyridine rings is 2. The van der Waals surface area contributed by atoms with Crippen LogP contribution in [0.5, 0.6) is 11.5 Å². The zero-order chi connectivity index (χ0) is 27.2. The Morgan fingerprint density at radius 1 is 0.568 bits per heavy atom. The van der Waals surface area contributed by atoms with E-state index in [1.165, 1.54) is 0 Å². The van der Waals surface area contributed by atoms with Crippen LogP contribution in [-0.2, 0) is 16.2 Å². The summed E-state index contributed by atoms with van der Waals surface area (Å²) in [5, 5.41) is 9.56. The van der Waals surface area contributed by atoms with Gasteiger partial charge in [-0.25, -0.2) is 19.3 Å². The Balaban J connectivity index is 1.81. The molecule has 4 heterocycles. The summed E-state index contributed by atoms with van der Waals surface area (Å²) in [6.45, 7) is 17.0. The van der Waals surface area contributed by atoms with Gasteiger partial charge in [-0.3, -0.25) is 0 Å². The van der Waals surface area contributed by atoms with Crippen molar-refractivity contribution >= 4 is 0 Å². The second kappa shape index (κ2) is 9.32. The molecule has 196 valence electrons. The summed E-state index contributed by atoms with van der Waals surface area (Å²) in [5.41, 5.74) is 2.89. The van der Waals surface area contributed by atoms with Crippen LogP contribution in [0.3, 0.4) is 0 Å². The van der Waals surface area contributed by atoms with Gasteiger partial charge in [-0.2, -0.15) is 10.2 Å². The second-order valence-electron chi connectivity index (χ2n) is 11.9. The molecule has 4 aromatic heterocycles. The summed E-state index contributed by atoms with van der Waals surface area (Å²) in [4.78, 5) is 10.0. The van der Waals surface area contributed by atoms with Gasteiger partial charge in [0.2, 0.25) is 0 Å². The highest BCUT2D eigenvalue weighted by Crippen LogP contribution is 2.35. The Hall–Kier alpha value is -3.68. The summed E-state index contributed by atoms with van der Waals surface area (Å²) in [6.07, 6.45) is 3.87. The van der Waals surface area contributed by atoms with Crippen molar-refractivity contribution in [1.82, 2.24) is 29.5 Å². The van der Waals surface area contributed by atoms with E-state index >= 15 is 0 Å². The largest absolute Gasteiger partial charge is 0.497 e. The highest BCUT2D eigenvalue weighted by Gasteiger charge is 2.30. The molecule has 4 aromatic rings. The molecule has 0 aliphatic heterocycles. The normalized spacial score (nSPS) is 12.6. The average molecular weight is 503 g/mol. The molecule has 0 unspecified atom stereocenters. The first kappa shape index (κ1) is 26.4. The number of rotatable bonds is 6. The van der Waals surface area contributed by atoms with Crippen molar-refractivity contribution in [3.8, 4) is 23.1 Å². The average Bonchev–Trinajstić information content (AvgIpc) is 3.53. The van der Waals surface area contributed by atoms with Crippen LogP contribution in [0.1, 0.15) is 78.2 Å². The van der Waals surface area contributed by atoms with Gasteiger partial charge in [-0.05, 0) is 26.0 Å². The van der Waals surface area contributed by atoms with Crippen molar-refractivity contribution in [2.75, 3.05) is 14.2 Å². The number of methoxy groups -OCH3 is 2. The first-order valence-electron chi connectivity index (χ1n) is 12.5. The van der Waals surface area contributed by atoms with Gasteiger partial charge in [-0.1, -0.05) is 41.5 Å². The van der Waals surface area contributed by atoms with Gasteiger partial charge in [0.05, 0.1) is 37.0 Å². The highest BCUT2D eigenvalue weighted by atomic mass is 16.5. The Bertz CT molecular complexity index is 1300. The van der Waals surface area contributed by atoms with E-state index in [0.717, 1.165) is 22.8 Å². The zero-order valence-electron chi connectivity index (χ0n) is 23.6. The molecule has 0 atom stereocenters. The van der Waals surface area contributed by atoms with Gasteiger partial charge in [0, 0.05) is 52.9 Å². The van der Waals surface area contributed by atoms with Gasteiger partial charge >= 0.3 is 0 Å². The topological polar surface area (TPSA) is 79.9 Å². The van der Waals surface area contributed by atoms with Crippen LogP contribution in [0, 0.1) is 0 Å². The number of ether oxygens (including phenoxy) is 2. The Morgan fingerprint density at radius 2 is 0.946 bits per heavy atom. The molecular formula is C29H38N6O2. The molecule has 4 rings (SSSR count). The molecule has 0 saturated heterocycles. The number of hydrogen-bond acceptors (Lipinski definition) is 6. The molecule has 0 amide bonds. The summed E-state index contributed by atoms with van der Waals surface area (Å²) in [5.74, 6) is 2.77. The van der Waals surface area contributed by atoms with Crippen molar-refractivity contribution in [1.29, 1.82) is 0 Å². The maximum atomic E-state index is 5.65. The molecule has 0 radical (unpaired) electrons. The molecule has 0 bridgehead atoms. The van der Waals surface area contributed by atoms with E-state index in [1.54, 1.807) is 23.6 Å². The molecule has 0 aliphatic rings. The van der Waals surface area contributed by atoms with Crippen molar-refractivity contribution in [2.24, 2.45) is 0 Å². The minimum absolute atomic E-state index is 0.0630. The van der Waals surface area contributed by atoms with E-state index in [4.69, 9.17) is 29.6 Å². The van der Waals surface area contributed by atoms with E-state index in [2.05, 4.69) is 55.4 Å². The first-order chi connectivity index (χ1) is 17.2. The fourth-order valence-electron chi connectivity index (χ4n) is 3.93. The summed E-state index contributed by atoms with van der Waals surface area (Å²) < 4.78 is 14.9. The third-order valence-electron chi connectivity index (χ3n) is 6.51. The van der Waals surface area contributed by atoms with Gasteiger partial charge in [-0.15, -0.1) is 0 Å². The van der Waals surface area contributed by atoms with E-state index in [-0.39, 0.29) is 10.8 Å². The first-order valence-corrected chi connectivity index (χ1v) is 12.5. The lowest BCUT2D eigenvalue weighted by atomic mass is 9.84. The third-order valence-corrected chi connectivity index (χ3v) is 6.51. The van der Waals surface area contributed by atoms with Crippen LogP contribution < -0.4 is 9.47 Å². The van der Waals surface area contributed by atoms with E-state index < -0.39 is 5.41 Å². The van der Waals surface area contributed by atoms with Crippen LogP contribution in [-0.4, -0.2) is 43.7 Å². The van der Waals surface area contributed by atoms with Gasteiger partial charge in [0.1, 0.15) is 11.5 Å². The standard InChI is InChI=1S/C29H38N6O2/c1-27(2,3)21-11-13-34(32-21)25-17-19(36-9)15-23(30-25)29(7,8)24-16-20(37-10)18-26(31-24)35-14-12-22(33-35)28(4,5)6/h11-18H,1-10H3. The van der Waals surface area contributed by atoms with Crippen molar-refractivity contribution in [3.05, 3.63) is 71.6 Å². The molecule has 0 saturated carbocycles. The Labute approximate surface area is 219 Å². The van der Waals surface area contributed by atoms with Crippen LogP contribution in [0.2, 0.25) is 0 Å². The lowest BCUT2D eigenvalue weighted by Crippen LogP contribution is -2.24. The van der Waals surface area contributed by atoms with Crippen LogP contribution in [0.25, 0.3) is 11.6 Å². The summed E-state index contributed by atoms with van der Waals surface area (Å²) in [6, 6.07) is 11.7. The Kier molecular flexibility index (Phi) is 6.65. The van der Waals surface area contributed by atoms with E-state index in [9.17, 15) is 0 Å². The van der Waals surface area contributed by atoms with E-state index in [1.807, 2.05) is 48.8 Å². The van der Waals surface area contributed by atoms with Crippen molar-refractivity contribution in [3.63, 3.8) is 0 Å². The predicted molar refractivity (Wildman–Crippen MR) is 145 cm³/mol. The number of aromatic nitrogens is 6. The molecule has 37 heavy (non-hydrogen) atoms.